The van der Waals surface area contributed by atoms with E-state index in [1.54, 1.807) is 13.0 Å². The molecule has 1 aromatic carbocycles. The zero-order valence-electron chi connectivity index (χ0n) is 10.5. The van der Waals surface area contributed by atoms with Crippen molar-refractivity contribution in [3.8, 4) is 0 Å². The molecule has 17 heavy (non-hydrogen) atoms. The predicted molar refractivity (Wildman–Crippen MR) is 66.3 cm³/mol. The van der Waals surface area contributed by atoms with Crippen molar-refractivity contribution in [2.45, 2.75) is 44.8 Å². The lowest BCUT2D eigenvalue weighted by molar-refractivity contribution is -0.0821. The number of benzene rings is 1. The first kappa shape index (κ1) is 12.5. The Labute approximate surface area is 102 Å². The maximum Gasteiger partial charge on any atom is 0.126 e. The largest absolute Gasteiger partial charge is 0.373 e. The summed E-state index contributed by atoms with van der Waals surface area (Å²) in [6, 6.07) is 4.93. The Morgan fingerprint density at radius 2 is 2.18 bits per heavy atom. The van der Waals surface area contributed by atoms with Crippen molar-refractivity contribution in [2.24, 2.45) is 5.73 Å². The first-order valence-corrected chi connectivity index (χ1v) is 6.18. The van der Waals surface area contributed by atoms with Gasteiger partial charge in [0, 0.05) is 6.61 Å². The minimum Gasteiger partial charge on any atom is -0.373 e. The number of aryl methyl sites for hydroxylation is 1. The fourth-order valence-corrected chi connectivity index (χ4v) is 2.36. The van der Waals surface area contributed by atoms with E-state index in [-0.39, 0.29) is 17.5 Å². The van der Waals surface area contributed by atoms with E-state index in [9.17, 15) is 4.39 Å². The van der Waals surface area contributed by atoms with Gasteiger partial charge in [-0.25, -0.2) is 4.39 Å². The van der Waals surface area contributed by atoms with Crippen LogP contribution in [0.25, 0.3) is 0 Å². The van der Waals surface area contributed by atoms with E-state index in [1.165, 1.54) is 6.07 Å². The molecule has 2 N–H and O–H groups in total. The van der Waals surface area contributed by atoms with E-state index in [1.807, 2.05) is 13.0 Å². The number of halogens is 1. The zero-order chi connectivity index (χ0) is 12.5. The average Bonchev–Trinajstić information content (AvgIpc) is 2.33. The molecule has 3 heteroatoms. The summed E-state index contributed by atoms with van der Waals surface area (Å²) >= 11 is 0. The molecule has 2 nitrogen and oxygen atoms in total. The van der Waals surface area contributed by atoms with Crippen LogP contribution in [-0.4, -0.2) is 12.2 Å². The van der Waals surface area contributed by atoms with Gasteiger partial charge in [-0.1, -0.05) is 12.1 Å². The second-order valence-electron chi connectivity index (χ2n) is 5.10. The molecule has 1 aliphatic rings. The highest BCUT2D eigenvalue weighted by Crippen LogP contribution is 2.35. The molecule has 2 rings (SSSR count). The van der Waals surface area contributed by atoms with E-state index < -0.39 is 0 Å². The second kappa shape index (κ2) is 4.75. The summed E-state index contributed by atoms with van der Waals surface area (Å²) in [6.07, 6.45) is 3.15. The van der Waals surface area contributed by atoms with Gasteiger partial charge in [-0.2, -0.15) is 0 Å². The van der Waals surface area contributed by atoms with Crippen LogP contribution in [0.15, 0.2) is 18.2 Å². The van der Waals surface area contributed by atoms with Crippen LogP contribution in [0.3, 0.4) is 0 Å². The Bertz CT molecular complexity index is 399. The van der Waals surface area contributed by atoms with Crippen LogP contribution in [0.1, 0.15) is 43.4 Å². The average molecular weight is 237 g/mol. The molecule has 94 valence electrons. The maximum atomic E-state index is 13.5. The molecule has 1 fully saturated rings. The van der Waals surface area contributed by atoms with Crippen LogP contribution >= 0.6 is 0 Å². The van der Waals surface area contributed by atoms with Crippen molar-refractivity contribution < 1.29 is 9.13 Å². The molecule has 2 unspecified atom stereocenters. The Hall–Kier alpha value is -0.930. The molecule has 0 amide bonds. The molecule has 0 aromatic heterocycles. The summed E-state index contributed by atoms with van der Waals surface area (Å²) in [5, 5.41) is 0. The number of nitrogens with two attached hydrogens (primary N) is 1. The maximum absolute atomic E-state index is 13.5. The third kappa shape index (κ3) is 2.50. The monoisotopic (exact) mass is 237 g/mol. The van der Waals surface area contributed by atoms with Gasteiger partial charge in [-0.05, 0) is 50.3 Å². The molecular formula is C14H20FNO. The topological polar surface area (TPSA) is 35.2 Å². The van der Waals surface area contributed by atoms with Crippen LogP contribution in [0.4, 0.5) is 4.39 Å². The van der Waals surface area contributed by atoms with Crippen molar-refractivity contribution in [3.63, 3.8) is 0 Å². The van der Waals surface area contributed by atoms with Gasteiger partial charge in [0.1, 0.15) is 5.82 Å². The minimum absolute atomic E-state index is 0.197. The fourth-order valence-electron chi connectivity index (χ4n) is 2.36. The lowest BCUT2D eigenvalue weighted by Crippen LogP contribution is -2.43. The first-order valence-electron chi connectivity index (χ1n) is 6.18. The Kier molecular flexibility index (Phi) is 3.50. The molecule has 0 radical (unpaired) electrons. The van der Waals surface area contributed by atoms with Gasteiger partial charge in [-0.15, -0.1) is 0 Å². The zero-order valence-corrected chi connectivity index (χ0v) is 10.5. The summed E-state index contributed by atoms with van der Waals surface area (Å²) in [6.45, 7) is 4.52. The summed E-state index contributed by atoms with van der Waals surface area (Å²) in [5.41, 5.74) is 7.34. The van der Waals surface area contributed by atoms with Crippen LogP contribution in [0, 0.1) is 12.7 Å². The van der Waals surface area contributed by atoms with Gasteiger partial charge in [-0.3, -0.25) is 0 Å². The molecule has 0 bridgehead atoms. The lowest BCUT2D eigenvalue weighted by atomic mass is 9.84. The molecular weight excluding hydrogens is 217 g/mol. The van der Waals surface area contributed by atoms with E-state index in [2.05, 4.69) is 0 Å². The van der Waals surface area contributed by atoms with Crippen molar-refractivity contribution in [1.29, 1.82) is 0 Å². The van der Waals surface area contributed by atoms with E-state index in [4.69, 9.17) is 10.5 Å². The predicted octanol–water partition coefficient (Wildman–Crippen LogP) is 3.09. The summed E-state index contributed by atoms with van der Waals surface area (Å²) in [7, 11) is 0. The Morgan fingerprint density at radius 3 is 2.76 bits per heavy atom. The first-order chi connectivity index (χ1) is 8.03. The minimum atomic E-state index is -0.361. The molecule has 0 saturated carbocycles. The normalized spacial score (nSPS) is 26.8. The van der Waals surface area contributed by atoms with Gasteiger partial charge >= 0.3 is 0 Å². The van der Waals surface area contributed by atoms with Crippen molar-refractivity contribution in [3.05, 3.63) is 35.1 Å². The summed E-state index contributed by atoms with van der Waals surface area (Å²) in [4.78, 5) is 0. The van der Waals surface area contributed by atoms with Crippen LogP contribution < -0.4 is 5.73 Å². The van der Waals surface area contributed by atoms with Gasteiger partial charge in [0.2, 0.25) is 0 Å². The highest BCUT2D eigenvalue weighted by molar-refractivity contribution is 5.27. The van der Waals surface area contributed by atoms with E-state index in [0.29, 0.717) is 5.56 Å². The SMILES string of the molecule is Cc1ccc(C(N)C2(C)CCCCO2)cc1F. The van der Waals surface area contributed by atoms with Crippen LogP contribution in [0.5, 0.6) is 0 Å². The number of ether oxygens (including phenoxy) is 1. The third-order valence-corrected chi connectivity index (χ3v) is 3.71. The smallest absolute Gasteiger partial charge is 0.126 e. The number of rotatable bonds is 2. The van der Waals surface area contributed by atoms with E-state index in [0.717, 1.165) is 31.4 Å². The standard InChI is InChI=1S/C14H20FNO/c1-10-5-6-11(9-12(10)15)13(16)14(2)7-3-4-8-17-14/h5-6,9,13H,3-4,7-8,16H2,1-2H3. The molecule has 2 atom stereocenters. The summed E-state index contributed by atoms with van der Waals surface area (Å²) in [5.74, 6) is -0.197. The fraction of sp³-hybridized carbons (Fsp3) is 0.571. The molecule has 1 heterocycles. The molecule has 0 aliphatic carbocycles. The molecule has 1 aromatic rings. The van der Waals surface area contributed by atoms with Gasteiger partial charge in [0.25, 0.3) is 0 Å². The summed E-state index contributed by atoms with van der Waals surface area (Å²) < 4.78 is 19.3. The van der Waals surface area contributed by atoms with Crippen molar-refractivity contribution in [2.75, 3.05) is 6.61 Å². The van der Waals surface area contributed by atoms with Crippen LogP contribution in [-0.2, 0) is 4.74 Å². The highest BCUT2D eigenvalue weighted by atomic mass is 19.1. The second-order valence-corrected chi connectivity index (χ2v) is 5.10. The molecule has 1 saturated heterocycles. The Morgan fingerprint density at radius 1 is 1.41 bits per heavy atom. The van der Waals surface area contributed by atoms with E-state index >= 15 is 0 Å². The molecule has 1 aliphatic heterocycles. The quantitative estimate of drug-likeness (QED) is 0.857. The highest BCUT2D eigenvalue weighted by Gasteiger charge is 2.35. The lowest BCUT2D eigenvalue weighted by Gasteiger charge is -2.39. The van der Waals surface area contributed by atoms with Crippen molar-refractivity contribution >= 4 is 0 Å². The van der Waals surface area contributed by atoms with Gasteiger partial charge in [0.05, 0.1) is 11.6 Å². The van der Waals surface area contributed by atoms with Gasteiger partial charge in [0.15, 0.2) is 0 Å². The third-order valence-electron chi connectivity index (χ3n) is 3.71. The number of hydrogen-bond acceptors (Lipinski definition) is 2. The number of hydrogen-bond donors (Lipinski definition) is 1. The molecule has 0 spiro atoms. The van der Waals surface area contributed by atoms with Crippen LogP contribution in [0.2, 0.25) is 0 Å². The Balaban J connectivity index is 2.23. The van der Waals surface area contributed by atoms with Gasteiger partial charge < -0.3 is 10.5 Å². The van der Waals surface area contributed by atoms with Crippen molar-refractivity contribution in [1.82, 2.24) is 0 Å².